The summed E-state index contributed by atoms with van der Waals surface area (Å²) in [7, 11) is -6.56. The highest BCUT2D eigenvalue weighted by molar-refractivity contribution is 8.32. The minimum absolute atomic E-state index is 0.0502. The topological polar surface area (TPSA) is 102 Å². The third kappa shape index (κ3) is 10.6. The Morgan fingerprint density at radius 1 is 0.556 bits per heavy atom. The van der Waals surface area contributed by atoms with Crippen LogP contribution in [0.4, 0.5) is 0 Å². The first kappa shape index (κ1) is 36.7. The van der Waals surface area contributed by atoms with Gasteiger partial charge in [-0.05, 0) is 121 Å². The van der Waals surface area contributed by atoms with Crippen molar-refractivity contribution in [3.63, 3.8) is 0 Å². The summed E-state index contributed by atoms with van der Waals surface area (Å²) in [6.45, 7) is 14.7. The molecular formula is C34H49O9S2+. The summed E-state index contributed by atoms with van der Waals surface area (Å²) in [5.74, 6) is 1.75. The number of benzene rings is 3. The summed E-state index contributed by atoms with van der Waals surface area (Å²) in [4.78, 5) is 2.19. The second kappa shape index (κ2) is 17.8. The van der Waals surface area contributed by atoms with Crippen LogP contribution in [0.15, 0.2) is 87.5 Å². The molecule has 3 unspecified atom stereocenters. The van der Waals surface area contributed by atoms with Gasteiger partial charge in [-0.2, -0.15) is 8.42 Å². The van der Waals surface area contributed by atoms with Gasteiger partial charge >= 0.3 is 10.1 Å². The smallest absolute Gasteiger partial charge is 0.390 e. The zero-order valence-corrected chi connectivity index (χ0v) is 29.1. The molecule has 0 saturated carbocycles. The standard InChI is InChI=1S/C34H48O9S2/c1-8-12-25-44(35,36)43-45(32-19-13-29(14-20-32)40-26(5)37-9-2,33-21-15-30(16-22-33)41-27(6)38-10-3)34-23-17-31(18-24-34)42-28(7)39-11-4/h13-24,26-28H,8-12,25H2,1-7H3/p+1. The zero-order chi connectivity index (χ0) is 32.9. The quantitative estimate of drug-likeness (QED) is 0.0674. The van der Waals surface area contributed by atoms with Crippen LogP contribution >= 0.6 is 10.3 Å². The van der Waals surface area contributed by atoms with E-state index in [1.807, 2.05) is 121 Å². The highest BCUT2D eigenvalue weighted by atomic mass is 32.3. The van der Waals surface area contributed by atoms with Crippen LogP contribution in [0, 0.1) is 0 Å². The molecule has 0 amide bonds. The van der Waals surface area contributed by atoms with Crippen molar-refractivity contribution in [1.82, 2.24) is 0 Å². The SMILES string of the molecule is CCCCS(=O)(=O)[OH+]S(c1ccc(OC(C)OCC)cc1)(c1ccc(OC(C)OCC)cc1)c1ccc(OC(C)OCC)cc1. The van der Waals surface area contributed by atoms with Crippen LogP contribution in [0.25, 0.3) is 0 Å². The number of ether oxygens (including phenoxy) is 6. The van der Waals surface area contributed by atoms with Gasteiger partial charge in [0.1, 0.15) is 23.0 Å². The molecule has 250 valence electrons. The molecule has 0 bridgehead atoms. The van der Waals surface area contributed by atoms with Gasteiger partial charge in [-0.3, -0.25) is 3.63 Å². The van der Waals surface area contributed by atoms with Gasteiger partial charge in [0.05, 0.1) is 25.0 Å². The first-order valence-electron chi connectivity index (χ1n) is 15.5. The van der Waals surface area contributed by atoms with Crippen molar-refractivity contribution in [3.8, 4) is 17.2 Å². The maximum absolute atomic E-state index is 13.7. The van der Waals surface area contributed by atoms with Gasteiger partial charge in [0.2, 0.25) is 0 Å². The fraction of sp³-hybridized carbons (Fsp3) is 0.471. The second-order valence-electron chi connectivity index (χ2n) is 10.1. The van der Waals surface area contributed by atoms with E-state index in [-0.39, 0.29) is 5.75 Å². The van der Waals surface area contributed by atoms with E-state index in [4.69, 9.17) is 32.1 Å². The van der Waals surface area contributed by atoms with Gasteiger partial charge in [-0.1, -0.05) is 13.3 Å². The molecule has 0 aromatic heterocycles. The molecule has 0 aliphatic heterocycles. The minimum Gasteiger partial charge on any atom is -0.465 e. The van der Waals surface area contributed by atoms with Crippen molar-refractivity contribution in [2.75, 3.05) is 25.6 Å². The van der Waals surface area contributed by atoms with E-state index in [1.54, 1.807) is 0 Å². The molecule has 45 heavy (non-hydrogen) atoms. The molecule has 0 aliphatic carbocycles. The third-order valence-electron chi connectivity index (χ3n) is 6.59. The first-order valence-corrected chi connectivity index (χ1v) is 18.7. The fourth-order valence-corrected chi connectivity index (χ4v) is 10.4. The Balaban J connectivity index is 2.19. The molecule has 9 nitrogen and oxygen atoms in total. The van der Waals surface area contributed by atoms with Crippen LogP contribution in [0.2, 0.25) is 0 Å². The van der Waals surface area contributed by atoms with E-state index in [0.29, 0.717) is 43.5 Å². The predicted molar refractivity (Wildman–Crippen MR) is 178 cm³/mol. The van der Waals surface area contributed by atoms with E-state index in [9.17, 15) is 8.42 Å². The zero-order valence-electron chi connectivity index (χ0n) is 27.4. The lowest BCUT2D eigenvalue weighted by Crippen LogP contribution is -2.21. The van der Waals surface area contributed by atoms with Crippen LogP contribution in [0.1, 0.15) is 61.3 Å². The van der Waals surface area contributed by atoms with E-state index in [1.165, 1.54) is 0 Å². The molecular weight excluding hydrogens is 616 g/mol. The highest BCUT2D eigenvalue weighted by Crippen LogP contribution is 2.68. The summed E-state index contributed by atoms with van der Waals surface area (Å²) in [6.07, 6.45) is -0.0657. The fourth-order valence-electron chi connectivity index (χ4n) is 4.60. The van der Waals surface area contributed by atoms with E-state index >= 15 is 0 Å². The molecule has 0 saturated heterocycles. The summed E-state index contributed by atoms with van der Waals surface area (Å²) in [6, 6.07) is 22.2. The van der Waals surface area contributed by atoms with Crippen molar-refractivity contribution in [1.29, 1.82) is 0 Å². The van der Waals surface area contributed by atoms with Crippen LogP contribution in [-0.4, -0.2) is 56.5 Å². The van der Waals surface area contributed by atoms with Gasteiger partial charge in [0, 0.05) is 19.8 Å². The lowest BCUT2D eigenvalue weighted by molar-refractivity contribution is -0.0616. The molecule has 0 aliphatic rings. The molecule has 3 aromatic carbocycles. The molecule has 0 heterocycles. The van der Waals surface area contributed by atoms with Gasteiger partial charge < -0.3 is 28.4 Å². The number of hydrogen-bond donors (Lipinski definition) is 0. The summed E-state index contributed by atoms with van der Waals surface area (Å²) >= 11 is 0. The monoisotopic (exact) mass is 665 g/mol. The average molecular weight is 666 g/mol. The summed E-state index contributed by atoms with van der Waals surface area (Å²) < 4.78 is 66.6. The Hall–Kier alpha value is -2.80. The predicted octanol–water partition coefficient (Wildman–Crippen LogP) is 8.39. The highest BCUT2D eigenvalue weighted by Gasteiger charge is 2.43. The Morgan fingerprint density at radius 3 is 1.13 bits per heavy atom. The van der Waals surface area contributed by atoms with Crippen molar-refractivity contribution in [2.45, 2.75) is 94.9 Å². The lowest BCUT2D eigenvalue weighted by atomic mass is 10.3. The van der Waals surface area contributed by atoms with Crippen molar-refractivity contribution >= 4 is 20.4 Å². The molecule has 3 atom stereocenters. The third-order valence-corrected chi connectivity index (χ3v) is 12.1. The molecule has 11 heteroatoms. The molecule has 0 spiro atoms. The van der Waals surface area contributed by atoms with E-state index < -0.39 is 39.3 Å². The summed E-state index contributed by atoms with van der Waals surface area (Å²) in [5.41, 5.74) is 0. The molecule has 1 N–H and O–H groups in total. The molecule has 3 aromatic rings. The average Bonchev–Trinajstić information content (AvgIpc) is 3.00. The Labute approximate surface area is 270 Å². The maximum Gasteiger partial charge on any atom is 0.390 e. The lowest BCUT2D eigenvalue weighted by Gasteiger charge is -2.35. The van der Waals surface area contributed by atoms with Crippen molar-refractivity contribution in [2.24, 2.45) is 0 Å². The molecule has 0 radical (unpaired) electrons. The normalized spacial score (nSPS) is 15.8. The number of rotatable bonds is 20. The van der Waals surface area contributed by atoms with Gasteiger partial charge in [-0.25, -0.2) is 0 Å². The molecule has 3 rings (SSSR count). The van der Waals surface area contributed by atoms with Crippen molar-refractivity contribution < 1.29 is 40.5 Å². The van der Waals surface area contributed by atoms with Crippen LogP contribution in [0.3, 0.4) is 0 Å². The van der Waals surface area contributed by atoms with E-state index in [2.05, 4.69) is 0 Å². The minimum atomic E-state index is -3.85. The van der Waals surface area contributed by atoms with Gasteiger partial charge in [0.15, 0.2) is 18.9 Å². The van der Waals surface area contributed by atoms with Crippen LogP contribution in [0.5, 0.6) is 17.2 Å². The Bertz CT molecular complexity index is 1240. The second-order valence-corrected chi connectivity index (χ2v) is 14.9. The van der Waals surface area contributed by atoms with Gasteiger partial charge in [-0.15, -0.1) is 0 Å². The maximum atomic E-state index is 13.7. The number of hydrogen-bond acceptors (Lipinski definition) is 8. The number of unbranched alkanes of at least 4 members (excludes halogenated alkanes) is 1. The molecule has 0 fully saturated rings. The van der Waals surface area contributed by atoms with Crippen LogP contribution < -0.4 is 14.2 Å². The van der Waals surface area contributed by atoms with Gasteiger partial charge in [0.25, 0.3) is 0 Å². The Morgan fingerprint density at radius 2 is 0.867 bits per heavy atom. The van der Waals surface area contributed by atoms with Crippen molar-refractivity contribution in [3.05, 3.63) is 72.8 Å². The van der Waals surface area contributed by atoms with Crippen LogP contribution in [-0.2, 0) is 24.3 Å². The largest absolute Gasteiger partial charge is 0.465 e. The Kier molecular flexibility index (Phi) is 14.5. The summed E-state index contributed by atoms with van der Waals surface area (Å²) in [5, 5.41) is 0. The first-order chi connectivity index (χ1) is 21.6. The van der Waals surface area contributed by atoms with E-state index in [0.717, 1.165) is 21.1 Å².